The molecule has 1 amide bonds. The Kier molecular flexibility index (Phi) is 4.52. The third kappa shape index (κ3) is 3.56. The summed E-state index contributed by atoms with van der Waals surface area (Å²) in [7, 11) is 0. The Morgan fingerprint density at radius 3 is 2.38 bits per heavy atom. The van der Waals surface area contributed by atoms with Crippen LogP contribution in [0.5, 0.6) is 0 Å². The number of amides is 1. The van der Waals surface area contributed by atoms with E-state index in [1.165, 1.54) is 24.3 Å². The van der Waals surface area contributed by atoms with Crippen LogP contribution in [0.15, 0.2) is 24.3 Å². The Balaban J connectivity index is 2.06. The summed E-state index contributed by atoms with van der Waals surface area (Å²) in [5, 5.41) is 22.4. The molecule has 2 rings (SSSR count). The lowest BCUT2D eigenvalue weighted by Crippen LogP contribution is -2.45. The van der Waals surface area contributed by atoms with Crippen LogP contribution in [0, 0.1) is 16.0 Å². The first kappa shape index (κ1) is 15.0. The van der Waals surface area contributed by atoms with E-state index in [4.69, 9.17) is 5.11 Å². The van der Waals surface area contributed by atoms with Crippen molar-refractivity contribution < 1.29 is 19.6 Å². The summed E-state index contributed by atoms with van der Waals surface area (Å²) in [6.45, 7) is 0. The zero-order valence-corrected chi connectivity index (χ0v) is 11.3. The van der Waals surface area contributed by atoms with E-state index in [1.54, 1.807) is 0 Å². The highest BCUT2D eigenvalue weighted by atomic mass is 16.6. The van der Waals surface area contributed by atoms with Crippen LogP contribution in [0.25, 0.3) is 0 Å². The third-order valence-electron chi connectivity index (χ3n) is 3.74. The smallest absolute Gasteiger partial charge is 0.308 e. The number of rotatable bonds is 4. The molecule has 0 unspecified atom stereocenters. The molecule has 0 saturated heterocycles. The second-order valence-electron chi connectivity index (χ2n) is 5.11. The second kappa shape index (κ2) is 6.34. The third-order valence-corrected chi connectivity index (χ3v) is 3.74. The van der Waals surface area contributed by atoms with Crippen molar-refractivity contribution in [1.82, 2.24) is 5.32 Å². The fraction of sp³-hybridized carbons (Fsp3) is 0.429. The fourth-order valence-corrected chi connectivity index (χ4v) is 2.59. The Hall–Kier alpha value is -2.44. The van der Waals surface area contributed by atoms with Crippen LogP contribution in [0.1, 0.15) is 36.0 Å². The van der Waals surface area contributed by atoms with Gasteiger partial charge in [0.15, 0.2) is 0 Å². The number of aliphatic carboxylic acids is 1. The Morgan fingerprint density at radius 1 is 1.19 bits per heavy atom. The molecular weight excluding hydrogens is 276 g/mol. The molecule has 112 valence electrons. The van der Waals surface area contributed by atoms with E-state index >= 15 is 0 Å². The van der Waals surface area contributed by atoms with Crippen molar-refractivity contribution in [3.05, 3.63) is 39.9 Å². The molecule has 1 aromatic carbocycles. The summed E-state index contributed by atoms with van der Waals surface area (Å²) in [6.07, 6.45) is 2.92. The topological polar surface area (TPSA) is 110 Å². The molecule has 0 aliphatic heterocycles. The fourth-order valence-electron chi connectivity index (χ4n) is 2.59. The van der Waals surface area contributed by atoms with E-state index in [-0.39, 0.29) is 17.3 Å². The van der Waals surface area contributed by atoms with E-state index in [0.29, 0.717) is 12.8 Å². The van der Waals surface area contributed by atoms with Crippen molar-refractivity contribution in [3.63, 3.8) is 0 Å². The van der Waals surface area contributed by atoms with Crippen molar-refractivity contribution >= 4 is 17.6 Å². The predicted molar refractivity (Wildman–Crippen MR) is 73.9 cm³/mol. The maximum Gasteiger partial charge on any atom is 0.308 e. The van der Waals surface area contributed by atoms with Crippen molar-refractivity contribution in [2.24, 2.45) is 5.92 Å². The lowest BCUT2D eigenvalue weighted by atomic mass is 9.84. The zero-order chi connectivity index (χ0) is 15.4. The van der Waals surface area contributed by atoms with Crippen molar-refractivity contribution in [2.45, 2.75) is 31.7 Å². The normalized spacial score (nSPS) is 21.5. The molecule has 0 aromatic heterocycles. The average molecular weight is 292 g/mol. The van der Waals surface area contributed by atoms with E-state index in [2.05, 4.69) is 5.32 Å². The van der Waals surface area contributed by atoms with Gasteiger partial charge < -0.3 is 10.4 Å². The van der Waals surface area contributed by atoms with Crippen LogP contribution in [-0.2, 0) is 4.79 Å². The lowest BCUT2D eigenvalue weighted by Gasteiger charge is -2.29. The van der Waals surface area contributed by atoms with Gasteiger partial charge in [-0.1, -0.05) is 12.8 Å². The number of non-ortho nitro benzene ring substituents is 1. The molecule has 1 saturated carbocycles. The SMILES string of the molecule is O=C(N[C@@H]1CCCC[C@H]1C(=O)O)c1ccc([N+](=O)[O-])cc1. The maximum atomic E-state index is 12.1. The van der Waals surface area contributed by atoms with E-state index < -0.39 is 22.7 Å². The number of carboxylic acid groups (broad SMARTS) is 1. The monoisotopic (exact) mass is 292 g/mol. The number of benzene rings is 1. The van der Waals surface area contributed by atoms with Gasteiger partial charge in [0, 0.05) is 23.7 Å². The van der Waals surface area contributed by atoms with Gasteiger partial charge in [-0.25, -0.2) is 0 Å². The molecule has 1 aliphatic carbocycles. The minimum absolute atomic E-state index is 0.0902. The number of nitro groups is 1. The molecule has 0 heterocycles. The van der Waals surface area contributed by atoms with Crippen molar-refractivity contribution in [2.75, 3.05) is 0 Å². The quantitative estimate of drug-likeness (QED) is 0.651. The highest BCUT2D eigenvalue weighted by Gasteiger charge is 2.31. The van der Waals surface area contributed by atoms with Gasteiger partial charge in [0.2, 0.25) is 0 Å². The first-order chi connectivity index (χ1) is 9.99. The Morgan fingerprint density at radius 2 is 1.81 bits per heavy atom. The number of nitrogens with one attached hydrogen (secondary N) is 1. The van der Waals surface area contributed by atoms with Gasteiger partial charge in [0.1, 0.15) is 0 Å². The molecule has 2 atom stereocenters. The van der Waals surface area contributed by atoms with Crippen LogP contribution in [-0.4, -0.2) is 27.9 Å². The number of carbonyl (C=O) groups is 2. The van der Waals surface area contributed by atoms with Crippen LogP contribution < -0.4 is 5.32 Å². The molecular formula is C14H16N2O5. The molecule has 0 bridgehead atoms. The van der Waals surface area contributed by atoms with Gasteiger partial charge in [-0.2, -0.15) is 0 Å². The molecule has 0 radical (unpaired) electrons. The van der Waals surface area contributed by atoms with E-state index in [1.807, 2.05) is 0 Å². The summed E-state index contributed by atoms with van der Waals surface area (Å²) < 4.78 is 0. The van der Waals surface area contributed by atoms with Gasteiger partial charge in [0.05, 0.1) is 10.8 Å². The average Bonchev–Trinajstić information content (AvgIpc) is 2.47. The first-order valence-corrected chi connectivity index (χ1v) is 6.77. The summed E-state index contributed by atoms with van der Waals surface area (Å²) in [4.78, 5) is 33.3. The van der Waals surface area contributed by atoms with Crippen LogP contribution in [0.4, 0.5) is 5.69 Å². The number of carbonyl (C=O) groups excluding carboxylic acids is 1. The molecule has 7 heteroatoms. The number of hydrogen-bond donors (Lipinski definition) is 2. The van der Waals surface area contributed by atoms with Crippen molar-refractivity contribution in [1.29, 1.82) is 0 Å². The van der Waals surface area contributed by atoms with E-state index in [0.717, 1.165) is 12.8 Å². The first-order valence-electron chi connectivity index (χ1n) is 6.77. The van der Waals surface area contributed by atoms with Gasteiger partial charge in [-0.05, 0) is 25.0 Å². The van der Waals surface area contributed by atoms with Gasteiger partial charge >= 0.3 is 5.97 Å². The summed E-state index contributed by atoms with van der Waals surface area (Å²) >= 11 is 0. The van der Waals surface area contributed by atoms with Crippen LogP contribution in [0.3, 0.4) is 0 Å². The zero-order valence-electron chi connectivity index (χ0n) is 11.3. The predicted octanol–water partition coefficient (Wildman–Crippen LogP) is 1.97. The second-order valence-corrected chi connectivity index (χ2v) is 5.11. The Labute approximate surface area is 121 Å². The molecule has 2 N–H and O–H groups in total. The number of nitrogens with zero attached hydrogens (tertiary/aromatic N) is 1. The molecule has 21 heavy (non-hydrogen) atoms. The highest BCUT2D eigenvalue weighted by molar-refractivity contribution is 5.94. The van der Waals surface area contributed by atoms with Crippen molar-refractivity contribution in [3.8, 4) is 0 Å². The maximum absolute atomic E-state index is 12.1. The van der Waals surface area contributed by atoms with Crippen LogP contribution >= 0.6 is 0 Å². The minimum Gasteiger partial charge on any atom is -0.481 e. The summed E-state index contributed by atoms with van der Waals surface area (Å²) in [6, 6.07) is 4.85. The van der Waals surface area contributed by atoms with E-state index in [9.17, 15) is 19.7 Å². The molecule has 0 spiro atoms. The number of hydrogen-bond acceptors (Lipinski definition) is 4. The highest BCUT2D eigenvalue weighted by Crippen LogP contribution is 2.25. The Bertz CT molecular complexity index is 555. The standard InChI is InChI=1S/C14H16N2O5/c17-13(9-5-7-10(8-6-9)16(20)21)15-12-4-2-1-3-11(12)14(18)19/h5-8,11-12H,1-4H2,(H,15,17)(H,18,19)/t11-,12-/m1/s1. The van der Waals surface area contributed by atoms with Crippen LogP contribution in [0.2, 0.25) is 0 Å². The minimum atomic E-state index is -0.899. The largest absolute Gasteiger partial charge is 0.481 e. The summed E-state index contributed by atoms with van der Waals surface area (Å²) in [5.74, 6) is -1.87. The lowest BCUT2D eigenvalue weighted by molar-refractivity contribution is -0.384. The van der Waals surface area contributed by atoms with Gasteiger partial charge in [-0.15, -0.1) is 0 Å². The van der Waals surface area contributed by atoms with Gasteiger partial charge in [-0.3, -0.25) is 19.7 Å². The van der Waals surface area contributed by atoms with Gasteiger partial charge in [0.25, 0.3) is 11.6 Å². The number of carboxylic acids is 1. The number of nitro benzene ring substituents is 1. The summed E-state index contributed by atoms with van der Waals surface area (Å²) in [5.41, 5.74) is 0.197. The molecule has 1 fully saturated rings. The molecule has 7 nitrogen and oxygen atoms in total. The molecule has 1 aliphatic rings. The molecule has 1 aromatic rings.